The molecule has 0 fully saturated rings. The Balaban J connectivity index is 2.25. The zero-order valence-corrected chi connectivity index (χ0v) is 13.7. The van der Waals surface area contributed by atoms with Crippen molar-refractivity contribution in [3.8, 4) is 0 Å². The first-order chi connectivity index (χ1) is 11.8. The van der Waals surface area contributed by atoms with Crippen LogP contribution in [0.3, 0.4) is 0 Å². The van der Waals surface area contributed by atoms with Crippen LogP contribution in [0.15, 0.2) is 28.7 Å². The molecule has 0 saturated carbocycles. The molecular formula is C17H17FN2O5. The minimum atomic E-state index is -0.933. The number of nitrogens with one attached hydrogen (secondary N) is 1. The molecule has 2 amide bonds. The lowest BCUT2D eigenvalue weighted by Gasteiger charge is -2.05. The second-order valence-electron chi connectivity index (χ2n) is 5.17. The molecule has 0 aliphatic heterocycles. The maximum Gasteiger partial charge on any atom is 0.342 e. The van der Waals surface area contributed by atoms with Crippen molar-refractivity contribution in [2.45, 2.75) is 20.3 Å². The van der Waals surface area contributed by atoms with E-state index in [1.165, 1.54) is 31.2 Å². The summed E-state index contributed by atoms with van der Waals surface area (Å²) in [4.78, 5) is 35.8. The summed E-state index contributed by atoms with van der Waals surface area (Å²) in [6.45, 7) is 3.17. The summed E-state index contributed by atoms with van der Waals surface area (Å²) >= 11 is 0. The van der Waals surface area contributed by atoms with Crippen LogP contribution >= 0.6 is 0 Å². The van der Waals surface area contributed by atoms with Crippen LogP contribution in [0.1, 0.15) is 39.0 Å². The highest BCUT2D eigenvalue weighted by atomic mass is 19.1. The lowest BCUT2D eigenvalue weighted by molar-refractivity contribution is -0.115. The molecule has 0 atom stereocenters. The molecule has 1 aromatic carbocycles. The normalized spacial score (nSPS) is 10.4. The van der Waals surface area contributed by atoms with Crippen LogP contribution in [0, 0.1) is 12.7 Å². The number of furan rings is 1. The van der Waals surface area contributed by atoms with Crippen molar-refractivity contribution in [3.05, 3.63) is 52.5 Å². The van der Waals surface area contributed by atoms with Gasteiger partial charge in [-0.05, 0) is 31.5 Å². The van der Waals surface area contributed by atoms with Crippen molar-refractivity contribution < 1.29 is 27.9 Å². The number of hydrogen-bond donors (Lipinski definition) is 2. The smallest absolute Gasteiger partial charge is 0.342 e. The number of rotatable bonds is 6. The molecule has 0 radical (unpaired) electrons. The lowest BCUT2D eigenvalue weighted by atomic mass is 10.1. The van der Waals surface area contributed by atoms with Crippen molar-refractivity contribution in [1.82, 2.24) is 0 Å². The summed E-state index contributed by atoms with van der Waals surface area (Å²) in [5, 5.41) is 2.41. The van der Waals surface area contributed by atoms with Crippen LogP contribution in [-0.2, 0) is 16.0 Å². The third-order valence-electron chi connectivity index (χ3n) is 3.34. The standard InChI is InChI=1S/C17H17FN2O5/c1-3-24-17(23)13-9(2)25-16(14(13)15(19)22)20-12(21)8-10-4-6-11(18)7-5-10/h4-7H,3,8H2,1-2H3,(H2,19,22)(H,20,21). The molecule has 1 heterocycles. The van der Waals surface area contributed by atoms with Crippen LogP contribution in [-0.4, -0.2) is 24.4 Å². The van der Waals surface area contributed by atoms with E-state index in [1.807, 2.05) is 0 Å². The summed E-state index contributed by atoms with van der Waals surface area (Å²) in [7, 11) is 0. The molecule has 2 aromatic rings. The van der Waals surface area contributed by atoms with E-state index in [4.69, 9.17) is 14.9 Å². The van der Waals surface area contributed by atoms with Gasteiger partial charge >= 0.3 is 5.97 Å². The molecule has 1 aromatic heterocycles. The Morgan fingerprint density at radius 3 is 2.40 bits per heavy atom. The summed E-state index contributed by atoms with van der Waals surface area (Å²) < 4.78 is 23.1. The topological polar surface area (TPSA) is 112 Å². The molecule has 3 N–H and O–H groups in total. The van der Waals surface area contributed by atoms with Crippen molar-refractivity contribution in [2.75, 3.05) is 11.9 Å². The zero-order valence-electron chi connectivity index (χ0n) is 13.7. The van der Waals surface area contributed by atoms with Gasteiger partial charge in [0.15, 0.2) is 0 Å². The molecule has 0 bridgehead atoms. The highest BCUT2D eigenvalue weighted by molar-refractivity contribution is 6.10. The second kappa shape index (κ2) is 7.61. The summed E-state index contributed by atoms with van der Waals surface area (Å²) in [5.74, 6) is -2.75. The first-order valence-electron chi connectivity index (χ1n) is 7.48. The number of amides is 2. The van der Waals surface area contributed by atoms with Gasteiger partial charge in [0.2, 0.25) is 11.8 Å². The van der Waals surface area contributed by atoms with Crippen molar-refractivity contribution in [1.29, 1.82) is 0 Å². The minimum absolute atomic E-state index is 0.0764. The molecule has 132 valence electrons. The number of nitrogens with two attached hydrogens (primary N) is 1. The van der Waals surface area contributed by atoms with Crippen LogP contribution in [0.5, 0.6) is 0 Å². The van der Waals surface area contributed by atoms with Gasteiger partial charge in [-0.1, -0.05) is 12.1 Å². The van der Waals surface area contributed by atoms with Gasteiger partial charge in [-0.15, -0.1) is 0 Å². The van der Waals surface area contributed by atoms with Crippen molar-refractivity contribution in [2.24, 2.45) is 5.73 Å². The largest absolute Gasteiger partial charge is 0.462 e. The minimum Gasteiger partial charge on any atom is -0.462 e. The summed E-state index contributed by atoms with van der Waals surface area (Å²) in [6.07, 6.45) is -0.0764. The van der Waals surface area contributed by atoms with Gasteiger partial charge in [-0.2, -0.15) is 0 Å². The van der Waals surface area contributed by atoms with Crippen molar-refractivity contribution in [3.63, 3.8) is 0 Å². The molecule has 0 unspecified atom stereocenters. The highest BCUT2D eigenvalue weighted by Crippen LogP contribution is 2.27. The number of hydrogen-bond acceptors (Lipinski definition) is 5. The molecule has 0 spiro atoms. The van der Waals surface area contributed by atoms with Crippen LogP contribution in [0.2, 0.25) is 0 Å². The fourth-order valence-electron chi connectivity index (χ4n) is 2.28. The first-order valence-corrected chi connectivity index (χ1v) is 7.48. The molecule has 0 aliphatic carbocycles. The Kier molecular flexibility index (Phi) is 5.53. The molecular weight excluding hydrogens is 331 g/mol. The number of halogens is 1. The molecule has 2 rings (SSSR count). The highest BCUT2D eigenvalue weighted by Gasteiger charge is 2.29. The number of esters is 1. The maximum absolute atomic E-state index is 12.9. The number of anilines is 1. The Labute approximate surface area is 142 Å². The third-order valence-corrected chi connectivity index (χ3v) is 3.34. The zero-order chi connectivity index (χ0) is 18.6. The van der Waals surface area contributed by atoms with Gasteiger partial charge in [0.05, 0.1) is 13.0 Å². The number of aryl methyl sites for hydroxylation is 1. The van der Waals surface area contributed by atoms with E-state index < -0.39 is 23.6 Å². The van der Waals surface area contributed by atoms with E-state index in [9.17, 15) is 18.8 Å². The second-order valence-corrected chi connectivity index (χ2v) is 5.17. The fraction of sp³-hybridized carbons (Fsp3) is 0.235. The van der Waals surface area contributed by atoms with Crippen molar-refractivity contribution >= 4 is 23.7 Å². The summed E-state index contributed by atoms with van der Waals surface area (Å²) in [5.41, 5.74) is 5.51. The van der Waals surface area contributed by atoms with E-state index >= 15 is 0 Å². The SMILES string of the molecule is CCOC(=O)c1c(C)oc(NC(=O)Cc2ccc(F)cc2)c1C(N)=O. The molecule has 7 nitrogen and oxygen atoms in total. The molecule has 0 saturated heterocycles. The quantitative estimate of drug-likeness (QED) is 0.777. The Bertz CT molecular complexity index is 811. The fourth-order valence-corrected chi connectivity index (χ4v) is 2.28. The average molecular weight is 348 g/mol. The van der Waals surface area contributed by atoms with Crippen LogP contribution < -0.4 is 11.1 Å². The first kappa shape index (κ1) is 18.2. The van der Waals surface area contributed by atoms with E-state index in [2.05, 4.69) is 5.32 Å². The van der Waals surface area contributed by atoms with Crippen LogP contribution in [0.25, 0.3) is 0 Å². The van der Waals surface area contributed by atoms with Gasteiger partial charge in [0, 0.05) is 0 Å². The Morgan fingerprint density at radius 1 is 1.20 bits per heavy atom. The predicted molar refractivity (Wildman–Crippen MR) is 86.7 cm³/mol. The monoisotopic (exact) mass is 348 g/mol. The van der Waals surface area contributed by atoms with E-state index in [0.29, 0.717) is 5.56 Å². The number of carbonyl (C=O) groups is 3. The van der Waals surface area contributed by atoms with E-state index in [0.717, 1.165) is 0 Å². The van der Waals surface area contributed by atoms with E-state index in [1.54, 1.807) is 6.92 Å². The molecule has 25 heavy (non-hydrogen) atoms. The number of ether oxygens (including phenoxy) is 1. The number of carbonyl (C=O) groups excluding carboxylic acids is 3. The van der Waals surface area contributed by atoms with Gasteiger partial charge in [-0.3, -0.25) is 14.9 Å². The maximum atomic E-state index is 12.9. The van der Waals surface area contributed by atoms with Gasteiger partial charge in [0.1, 0.15) is 22.7 Å². The Hall–Kier alpha value is -3.16. The average Bonchev–Trinajstić information content (AvgIpc) is 2.86. The molecule has 0 aliphatic rings. The van der Waals surface area contributed by atoms with Gasteiger partial charge < -0.3 is 14.9 Å². The van der Waals surface area contributed by atoms with Crippen LogP contribution in [0.4, 0.5) is 10.3 Å². The molecule has 8 heteroatoms. The van der Waals surface area contributed by atoms with E-state index in [-0.39, 0.29) is 35.8 Å². The number of primary amides is 1. The lowest BCUT2D eigenvalue weighted by Crippen LogP contribution is -2.21. The number of benzene rings is 1. The third kappa shape index (κ3) is 4.23. The van der Waals surface area contributed by atoms with Gasteiger partial charge in [-0.25, -0.2) is 9.18 Å². The Morgan fingerprint density at radius 2 is 1.84 bits per heavy atom. The summed E-state index contributed by atoms with van der Waals surface area (Å²) in [6, 6.07) is 5.38. The predicted octanol–water partition coefficient (Wildman–Crippen LogP) is 2.18. The van der Waals surface area contributed by atoms with Gasteiger partial charge in [0.25, 0.3) is 5.91 Å².